The number of amides is 2. The van der Waals surface area contributed by atoms with Gasteiger partial charge in [-0.25, -0.2) is 22.6 Å². The van der Waals surface area contributed by atoms with Gasteiger partial charge in [0.25, 0.3) is 11.8 Å². The van der Waals surface area contributed by atoms with Crippen LogP contribution in [-0.4, -0.2) is 43.8 Å². The first-order valence-electron chi connectivity index (χ1n) is 6.26. The van der Waals surface area contributed by atoms with Crippen LogP contribution in [0.15, 0.2) is 30.0 Å². The van der Waals surface area contributed by atoms with Crippen LogP contribution in [0, 0.1) is 5.82 Å². The smallest absolute Gasteiger partial charge is 0.299 e. The van der Waals surface area contributed by atoms with Crippen molar-refractivity contribution in [1.29, 1.82) is 0 Å². The van der Waals surface area contributed by atoms with Crippen LogP contribution in [0.2, 0.25) is 5.02 Å². The lowest BCUT2D eigenvalue weighted by atomic mass is 10.2. The third-order valence-electron chi connectivity index (χ3n) is 2.57. The maximum atomic E-state index is 13.0. The maximum Gasteiger partial charge on any atom is 0.299 e. The monoisotopic (exact) mass is 380 g/mol. The van der Waals surface area contributed by atoms with Crippen molar-refractivity contribution in [1.82, 2.24) is 9.79 Å². The van der Waals surface area contributed by atoms with Gasteiger partial charge in [-0.1, -0.05) is 17.7 Å². The standard InChI is InChI=1S/C13H14ClFN2O6S/c1-23-17(7-8-3-4-9(15)5-10(8)14)12(19)6-11(18)13(20)16-24(2,21)22/h3-6,18H,7H2,1-2H3,(H,16,20). The quantitative estimate of drug-likeness (QED) is 0.430. The van der Waals surface area contributed by atoms with Gasteiger partial charge in [-0.05, 0) is 17.7 Å². The summed E-state index contributed by atoms with van der Waals surface area (Å²) in [6, 6.07) is 3.51. The largest absolute Gasteiger partial charge is 0.503 e. The molecule has 0 aromatic heterocycles. The minimum Gasteiger partial charge on any atom is -0.503 e. The molecule has 0 bridgehead atoms. The molecule has 132 valence electrons. The Balaban J connectivity index is 2.89. The molecule has 0 saturated heterocycles. The molecule has 8 nitrogen and oxygen atoms in total. The van der Waals surface area contributed by atoms with E-state index in [1.165, 1.54) is 10.8 Å². The second-order valence-electron chi connectivity index (χ2n) is 4.53. The lowest BCUT2D eigenvalue weighted by Gasteiger charge is -2.18. The molecule has 2 N–H and O–H groups in total. The Kier molecular flexibility index (Phi) is 6.70. The molecular weight excluding hydrogens is 367 g/mol. The van der Waals surface area contributed by atoms with E-state index in [4.69, 9.17) is 16.4 Å². The number of aliphatic hydroxyl groups is 1. The zero-order valence-electron chi connectivity index (χ0n) is 12.6. The molecule has 24 heavy (non-hydrogen) atoms. The van der Waals surface area contributed by atoms with Gasteiger partial charge in [-0.2, -0.15) is 0 Å². The molecule has 11 heteroatoms. The zero-order chi connectivity index (χ0) is 18.5. The van der Waals surface area contributed by atoms with Crippen molar-refractivity contribution in [3.8, 4) is 0 Å². The van der Waals surface area contributed by atoms with Gasteiger partial charge in [-0.15, -0.1) is 0 Å². The third-order valence-corrected chi connectivity index (χ3v) is 3.47. The fourth-order valence-corrected chi connectivity index (χ4v) is 2.18. The lowest BCUT2D eigenvalue weighted by Crippen LogP contribution is -2.33. The SMILES string of the molecule is CON(Cc1ccc(F)cc1Cl)C(=O)C=C(O)C(=O)NS(C)(=O)=O. The molecule has 0 heterocycles. The molecule has 1 rings (SSSR count). The number of hydrogen-bond donors (Lipinski definition) is 2. The van der Waals surface area contributed by atoms with Gasteiger partial charge >= 0.3 is 0 Å². The molecule has 0 fully saturated rings. The third kappa shape index (κ3) is 6.14. The molecule has 1 aromatic rings. The predicted molar refractivity (Wildman–Crippen MR) is 82.7 cm³/mol. The second kappa shape index (κ2) is 8.08. The highest BCUT2D eigenvalue weighted by Gasteiger charge is 2.19. The van der Waals surface area contributed by atoms with E-state index < -0.39 is 33.4 Å². The summed E-state index contributed by atoms with van der Waals surface area (Å²) in [5.41, 5.74) is 0.349. The molecule has 0 atom stereocenters. The number of hydroxylamine groups is 2. The fraction of sp³-hybridized carbons (Fsp3) is 0.231. The van der Waals surface area contributed by atoms with E-state index in [-0.39, 0.29) is 11.6 Å². The van der Waals surface area contributed by atoms with Crippen molar-refractivity contribution in [3.05, 3.63) is 46.4 Å². The molecule has 0 aliphatic heterocycles. The Hall–Kier alpha value is -2.17. The van der Waals surface area contributed by atoms with E-state index in [1.807, 2.05) is 0 Å². The van der Waals surface area contributed by atoms with E-state index in [0.29, 0.717) is 17.9 Å². The summed E-state index contributed by atoms with van der Waals surface area (Å²) in [4.78, 5) is 28.1. The van der Waals surface area contributed by atoms with E-state index in [2.05, 4.69) is 0 Å². The number of carbonyl (C=O) groups is 2. The molecule has 0 radical (unpaired) electrons. The van der Waals surface area contributed by atoms with Gasteiger partial charge in [0.15, 0.2) is 5.76 Å². The lowest BCUT2D eigenvalue weighted by molar-refractivity contribution is -0.173. The van der Waals surface area contributed by atoms with Gasteiger partial charge in [0.1, 0.15) is 5.82 Å². The Morgan fingerprint density at radius 2 is 2.08 bits per heavy atom. The average molecular weight is 381 g/mol. The van der Waals surface area contributed by atoms with Crippen LogP contribution in [0.3, 0.4) is 0 Å². The number of halogens is 2. The summed E-state index contributed by atoms with van der Waals surface area (Å²) in [5, 5.41) is 10.2. The summed E-state index contributed by atoms with van der Waals surface area (Å²) in [7, 11) is -2.75. The maximum absolute atomic E-state index is 13.0. The zero-order valence-corrected chi connectivity index (χ0v) is 14.2. The van der Waals surface area contributed by atoms with Crippen LogP contribution >= 0.6 is 11.6 Å². The first kappa shape index (κ1) is 19.9. The number of benzene rings is 1. The van der Waals surface area contributed by atoms with E-state index in [0.717, 1.165) is 24.3 Å². The molecule has 0 unspecified atom stereocenters. The highest BCUT2D eigenvalue weighted by molar-refractivity contribution is 7.89. The fourth-order valence-electron chi connectivity index (χ4n) is 1.51. The van der Waals surface area contributed by atoms with Crippen molar-refractivity contribution in [2.75, 3.05) is 13.4 Å². The van der Waals surface area contributed by atoms with E-state index >= 15 is 0 Å². The van der Waals surface area contributed by atoms with Crippen LogP contribution < -0.4 is 4.72 Å². The highest BCUT2D eigenvalue weighted by atomic mass is 35.5. The summed E-state index contributed by atoms with van der Waals surface area (Å²) in [5.74, 6) is -4.02. The molecule has 1 aromatic carbocycles. The van der Waals surface area contributed by atoms with Crippen molar-refractivity contribution in [3.63, 3.8) is 0 Å². The van der Waals surface area contributed by atoms with E-state index in [1.54, 1.807) is 0 Å². The number of sulfonamides is 1. The number of rotatable bonds is 6. The Morgan fingerprint density at radius 1 is 1.46 bits per heavy atom. The predicted octanol–water partition coefficient (Wildman–Crippen LogP) is 0.887. The van der Waals surface area contributed by atoms with Gasteiger partial charge in [-0.3, -0.25) is 14.4 Å². The number of carbonyl (C=O) groups excluding carboxylic acids is 2. The van der Waals surface area contributed by atoms with Crippen LogP contribution in [0.25, 0.3) is 0 Å². The van der Waals surface area contributed by atoms with Crippen LogP contribution in [0.4, 0.5) is 4.39 Å². The van der Waals surface area contributed by atoms with Gasteiger partial charge < -0.3 is 5.11 Å². The number of hydrogen-bond acceptors (Lipinski definition) is 6. The van der Waals surface area contributed by atoms with E-state index in [9.17, 15) is 27.5 Å². The van der Waals surface area contributed by atoms with Gasteiger partial charge in [0.2, 0.25) is 10.0 Å². The van der Waals surface area contributed by atoms with Crippen molar-refractivity contribution < 1.29 is 32.3 Å². The summed E-state index contributed by atoms with van der Waals surface area (Å²) in [6.07, 6.45) is 1.18. The average Bonchev–Trinajstić information content (AvgIpc) is 2.44. The van der Waals surface area contributed by atoms with Crippen molar-refractivity contribution >= 4 is 33.4 Å². The number of aliphatic hydroxyl groups excluding tert-OH is 1. The molecular formula is C13H14ClFN2O6S. The summed E-state index contributed by atoms with van der Waals surface area (Å²) >= 11 is 5.83. The Morgan fingerprint density at radius 3 is 2.58 bits per heavy atom. The topological polar surface area (TPSA) is 113 Å². The number of nitrogens with zero attached hydrogens (tertiary/aromatic N) is 1. The van der Waals surface area contributed by atoms with Crippen LogP contribution in [0.1, 0.15) is 5.56 Å². The Bertz CT molecular complexity index is 781. The van der Waals surface area contributed by atoms with Crippen molar-refractivity contribution in [2.45, 2.75) is 6.54 Å². The normalized spacial score (nSPS) is 11.9. The van der Waals surface area contributed by atoms with Gasteiger partial charge in [0, 0.05) is 5.02 Å². The molecule has 0 aliphatic carbocycles. The summed E-state index contributed by atoms with van der Waals surface area (Å²) < 4.78 is 36.3. The van der Waals surface area contributed by atoms with Gasteiger partial charge in [0.05, 0.1) is 26.0 Å². The molecule has 0 saturated carbocycles. The number of nitrogens with one attached hydrogen (secondary N) is 1. The second-order valence-corrected chi connectivity index (χ2v) is 6.68. The Labute approximate surface area is 142 Å². The molecule has 2 amide bonds. The molecule has 0 spiro atoms. The highest BCUT2D eigenvalue weighted by Crippen LogP contribution is 2.19. The van der Waals surface area contributed by atoms with Crippen molar-refractivity contribution in [2.24, 2.45) is 0 Å². The summed E-state index contributed by atoms with van der Waals surface area (Å²) in [6.45, 7) is -0.202. The minimum atomic E-state index is -3.90. The van der Waals surface area contributed by atoms with Crippen LogP contribution in [0.5, 0.6) is 0 Å². The minimum absolute atomic E-state index is 0.0490. The van der Waals surface area contributed by atoms with Crippen LogP contribution in [-0.2, 0) is 31.0 Å². The molecule has 0 aliphatic rings. The first-order valence-corrected chi connectivity index (χ1v) is 8.52. The first-order chi connectivity index (χ1) is 11.0.